The molecule has 0 heterocycles. The van der Waals surface area contributed by atoms with Gasteiger partial charge in [0.25, 0.3) is 0 Å². The highest BCUT2D eigenvalue weighted by atomic mass is 16.5. The Morgan fingerprint density at radius 1 is 0.879 bits per heavy atom. The summed E-state index contributed by atoms with van der Waals surface area (Å²) in [6.45, 7) is 1.88. The largest absolute Gasteiger partial charge is 0.423 e. The van der Waals surface area contributed by atoms with E-state index in [1.54, 1.807) is 42.5 Å². The Bertz CT molecular complexity index is 1220. The Kier molecular flexibility index (Phi) is 7.28. The Balaban J connectivity index is 1.50. The lowest BCUT2D eigenvalue weighted by atomic mass is 10.1. The minimum atomic E-state index is -0.978. The predicted molar refractivity (Wildman–Crippen MR) is 122 cm³/mol. The molecular formula is C24H20N4O5. The minimum Gasteiger partial charge on any atom is -0.423 e. The third kappa shape index (κ3) is 6.59. The van der Waals surface area contributed by atoms with Gasteiger partial charge in [-0.05, 0) is 73.2 Å². The molecule has 0 saturated heterocycles. The fraction of sp³-hybridized carbons (Fsp3) is 0.0417. The zero-order chi connectivity index (χ0) is 23.8. The summed E-state index contributed by atoms with van der Waals surface area (Å²) in [5, 5.41) is 6.11. The number of hydrazone groups is 1. The van der Waals surface area contributed by atoms with Crippen LogP contribution < -0.4 is 21.2 Å². The molecule has 0 radical (unpaired) electrons. The third-order valence-corrected chi connectivity index (χ3v) is 4.36. The van der Waals surface area contributed by atoms with Crippen molar-refractivity contribution in [2.75, 3.05) is 5.32 Å². The van der Waals surface area contributed by atoms with Gasteiger partial charge in [0.2, 0.25) is 5.91 Å². The molecule has 0 aliphatic carbocycles. The minimum absolute atomic E-state index is 0.276. The molecule has 3 amide bonds. The van der Waals surface area contributed by atoms with E-state index < -0.39 is 23.7 Å². The first kappa shape index (κ1) is 22.9. The molecule has 3 aromatic rings. The zero-order valence-corrected chi connectivity index (χ0v) is 17.6. The monoisotopic (exact) mass is 444 g/mol. The van der Waals surface area contributed by atoms with Crippen LogP contribution >= 0.6 is 0 Å². The van der Waals surface area contributed by atoms with E-state index in [1.807, 2.05) is 13.0 Å². The second kappa shape index (κ2) is 10.5. The van der Waals surface area contributed by atoms with Crippen molar-refractivity contribution in [3.63, 3.8) is 0 Å². The van der Waals surface area contributed by atoms with Crippen LogP contribution in [-0.2, 0) is 9.59 Å². The van der Waals surface area contributed by atoms with Crippen LogP contribution in [-0.4, -0.2) is 29.9 Å². The van der Waals surface area contributed by atoms with Gasteiger partial charge in [0.1, 0.15) is 5.75 Å². The molecule has 9 nitrogen and oxygen atoms in total. The number of aryl methyl sites for hydroxylation is 1. The topological polar surface area (TPSA) is 140 Å². The summed E-state index contributed by atoms with van der Waals surface area (Å²) in [6, 6.07) is 19.2. The molecule has 0 atom stereocenters. The van der Waals surface area contributed by atoms with Gasteiger partial charge in [-0.15, -0.1) is 0 Å². The molecule has 0 aliphatic rings. The number of anilines is 1. The summed E-state index contributed by atoms with van der Waals surface area (Å²) in [4.78, 5) is 47.0. The smallest absolute Gasteiger partial charge is 0.343 e. The van der Waals surface area contributed by atoms with E-state index in [2.05, 4.69) is 15.8 Å². The second-order valence-corrected chi connectivity index (χ2v) is 6.92. The number of hydrogen-bond acceptors (Lipinski definition) is 6. The van der Waals surface area contributed by atoms with Crippen molar-refractivity contribution in [1.82, 2.24) is 5.43 Å². The van der Waals surface area contributed by atoms with Gasteiger partial charge in [0.05, 0.1) is 11.8 Å². The number of ether oxygens (including phenoxy) is 1. The van der Waals surface area contributed by atoms with E-state index >= 15 is 0 Å². The number of nitrogens with zero attached hydrogens (tertiary/aromatic N) is 1. The van der Waals surface area contributed by atoms with Crippen LogP contribution in [0, 0.1) is 6.92 Å². The van der Waals surface area contributed by atoms with Gasteiger partial charge in [-0.1, -0.05) is 17.7 Å². The van der Waals surface area contributed by atoms with E-state index in [1.165, 1.54) is 30.5 Å². The second-order valence-electron chi connectivity index (χ2n) is 6.92. The SMILES string of the molecule is Cc1cccc(C(=O)Oc2ccc(/C=N/NC(=O)C(=O)Nc3ccc(C(N)=O)cc3)cc2)c1. The summed E-state index contributed by atoms with van der Waals surface area (Å²) < 4.78 is 5.33. The first-order chi connectivity index (χ1) is 15.8. The van der Waals surface area contributed by atoms with Crippen molar-refractivity contribution in [2.24, 2.45) is 10.8 Å². The number of amides is 3. The van der Waals surface area contributed by atoms with Crippen LogP contribution in [0.4, 0.5) is 5.69 Å². The molecule has 0 fully saturated rings. The van der Waals surface area contributed by atoms with Crippen LogP contribution in [0.25, 0.3) is 0 Å². The fourth-order valence-electron chi connectivity index (χ4n) is 2.68. The lowest BCUT2D eigenvalue weighted by Gasteiger charge is -2.05. The number of carbonyl (C=O) groups is 4. The maximum absolute atomic E-state index is 12.2. The number of primary amides is 1. The molecule has 4 N–H and O–H groups in total. The highest BCUT2D eigenvalue weighted by Crippen LogP contribution is 2.14. The van der Waals surface area contributed by atoms with Crippen molar-refractivity contribution >= 4 is 35.6 Å². The first-order valence-electron chi connectivity index (χ1n) is 9.75. The summed E-state index contributed by atoms with van der Waals surface area (Å²) in [5.41, 5.74) is 9.86. The number of nitrogens with two attached hydrogens (primary N) is 1. The van der Waals surface area contributed by atoms with Gasteiger partial charge < -0.3 is 15.8 Å². The molecule has 3 rings (SSSR count). The maximum Gasteiger partial charge on any atom is 0.343 e. The Morgan fingerprint density at radius 2 is 1.58 bits per heavy atom. The lowest BCUT2D eigenvalue weighted by Crippen LogP contribution is -2.32. The average molecular weight is 444 g/mol. The van der Waals surface area contributed by atoms with Crippen molar-refractivity contribution < 1.29 is 23.9 Å². The number of esters is 1. The highest BCUT2D eigenvalue weighted by Gasteiger charge is 2.13. The van der Waals surface area contributed by atoms with Gasteiger partial charge in [0.15, 0.2) is 0 Å². The molecule has 0 bridgehead atoms. The molecule has 3 aromatic carbocycles. The molecule has 0 unspecified atom stereocenters. The van der Waals surface area contributed by atoms with Gasteiger partial charge in [-0.2, -0.15) is 5.10 Å². The normalized spacial score (nSPS) is 10.5. The van der Waals surface area contributed by atoms with Crippen molar-refractivity contribution in [3.8, 4) is 5.75 Å². The average Bonchev–Trinajstić information content (AvgIpc) is 2.80. The van der Waals surface area contributed by atoms with Crippen LogP contribution in [0.15, 0.2) is 77.9 Å². The predicted octanol–water partition coefficient (Wildman–Crippen LogP) is 2.40. The van der Waals surface area contributed by atoms with Gasteiger partial charge >= 0.3 is 17.8 Å². The molecule has 166 valence electrons. The number of nitrogens with one attached hydrogen (secondary N) is 2. The standard InChI is InChI=1S/C24H20N4O5/c1-15-3-2-4-18(13-15)24(32)33-20-11-5-16(6-12-20)14-26-28-23(31)22(30)27-19-9-7-17(8-10-19)21(25)29/h2-14H,1H3,(H2,25,29)(H,27,30)(H,28,31)/b26-14+. The van der Waals surface area contributed by atoms with Gasteiger partial charge in [0, 0.05) is 11.3 Å². The van der Waals surface area contributed by atoms with E-state index in [0.29, 0.717) is 22.6 Å². The van der Waals surface area contributed by atoms with E-state index in [9.17, 15) is 19.2 Å². The van der Waals surface area contributed by atoms with Crippen LogP contribution in [0.2, 0.25) is 0 Å². The lowest BCUT2D eigenvalue weighted by molar-refractivity contribution is -0.136. The van der Waals surface area contributed by atoms with Crippen LogP contribution in [0.3, 0.4) is 0 Å². The van der Waals surface area contributed by atoms with Gasteiger partial charge in [-0.25, -0.2) is 10.2 Å². The van der Waals surface area contributed by atoms with Gasteiger partial charge in [-0.3, -0.25) is 14.4 Å². The summed E-state index contributed by atoms with van der Waals surface area (Å²) in [5.74, 6) is -2.63. The molecule has 0 saturated carbocycles. The van der Waals surface area contributed by atoms with Crippen molar-refractivity contribution in [2.45, 2.75) is 6.92 Å². The third-order valence-electron chi connectivity index (χ3n) is 4.36. The Labute approximate surface area is 189 Å². The highest BCUT2D eigenvalue weighted by molar-refractivity contribution is 6.39. The summed E-state index contributed by atoms with van der Waals surface area (Å²) in [7, 11) is 0. The van der Waals surface area contributed by atoms with E-state index in [0.717, 1.165) is 5.56 Å². The zero-order valence-electron chi connectivity index (χ0n) is 17.6. The first-order valence-corrected chi connectivity index (χ1v) is 9.75. The molecule has 0 aromatic heterocycles. The maximum atomic E-state index is 12.2. The number of benzene rings is 3. The van der Waals surface area contributed by atoms with E-state index in [-0.39, 0.29) is 5.56 Å². The molecule has 33 heavy (non-hydrogen) atoms. The molecule has 0 spiro atoms. The van der Waals surface area contributed by atoms with Crippen LogP contribution in [0.1, 0.15) is 31.8 Å². The van der Waals surface area contributed by atoms with Crippen molar-refractivity contribution in [3.05, 3.63) is 95.1 Å². The fourth-order valence-corrected chi connectivity index (χ4v) is 2.68. The van der Waals surface area contributed by atoms with Crippen LogP contribution in [0.5, 0.6) is 5.75 Å². The number of carbonyl (C=O) groups excluding carboxylic acids is 4. The van der Waals surface area contributed by atoms with E-state index in [4.69, 9.17) is 10.5 Å². The summed E-state index contributed by atoms with van der Waals surface area (Å²) >= 11 is 0. The molecular weight excluding hydrogens is 424 g/mol. The Morgan fingerprint density at radius 3 is 2.21 bits per heavy atom. The number of hydrogen-bond donors (Lipinski definition) is 3. The molecule has 0 aliphatic heterocycles. The Hall–Kier alpha value is -4.79. The quantitative estimate of drug-likeness (QED) is 0.176. The van der Waals surface area contributed by atoms with Crippen molar-refractivity contribution in [1.29, 1.82) is 0 Å². The summed E-state index contributed by atoms with van der Waals surface area (Å²) in [6.07, 6.45) is 1.33. The molecule has 9 heteroatoms. The number of rotatable bonds is 6.